The normalized spacial score (nSPS) is 14.4. The van der Waals surface area contributed by atoms with Gasteiger partial charge in [0, 0.05) is 69.7 Å². The topological polar surface area (TPSA) is 89.3 Å². The molecule has 0 radical (unpaired) electrons. The fourth-order valence-corrected chi connectivity index (χ4v) is 5.28. The summed E-state index contributed by atoms with van der Waals surface area (Å²) in [6.07, 6.45) is 5.42. The minimum Gasteiger partial charge on any atom is -0.438 e. The molecule has 3 aromatic heterocycles. The lowest BCUT2D eigenvalue weighted by Gasteiger charge is -2.32. The average Bonchev–Trinajstić information content (AvgIpc) is 3.38. The van der Waals surface area contributed by atoms with Gasteiger partial charge in [0.25, 0.3) is 0 Å². The van der Waals surface area contributed by atoms with Crippen molar-refractivity contribution in [2.24, 2.45) is 7.05 Å². The van der Waals surface area contributed by atoms with Crippen molar-refractivity contribution >= 4 is 16.8 Å². The maximum atomic E-state index is 13.4. The Kier molecular flexibility index (Phi) is 7.78. The number of likely N-dealkylation sites (N-methyl/N-ethyl adjacent to an activating group) is 1. The summed E-state index contributed by atoms with van der Waals surface area (Å²) < 4.78 is 8.02. The molecule has 0 unspecified atom stereocenters. The molecular weight excluding hydrogens is 526 g/mol. The average molecular weight is 562 g/mol. The van der Waals surface area contributed by atoms with E-state index in [9.17, 15) is 4.79 Å². The van der Waals surface area contributed by atoms with E-state index in [2.05, 4.69) is 44.9 Å². The van der Waals surface area contributed by atoms with Crippen molar-refractivity contribution in [3.8, 4) is 23.0 Å². The largest absolute Gasteiger partial charge is 0.438 e. The van der Waals surface area contributed by atoms with Gasteiger partial charge in [0.05, 0.1) is 6.20 Å². The Hall–Kier alpha value is -4.47. The number of nitrogens with zero attached hydrogens (tertiary/aromatic N) is 7. The number of benzene rings is 2. The molecule has 1 saturated heterocycles. The van der Waals surface area contributed by atoms with Crippen LogP contribution in [0.4, 0.5) is 0 Å². The third-order valence-electron chi connectivity index (χ3n) is 8.02. The number of hydrogen-bond acceptors (Lipinski definition) is 8. The van der Waals surface area contributed by atoms with Crippen LogP contribution in [0.3, 0.4) is 0 Å². The number of rotatable bonds is 8. The first-order chi connectivity index (χ1) is 20.3. The molecular formula is C33H35N7O2. The number of fused-ring (bicyclic) bond motifs is 1. The molecule has 9 nitrogen and oxygen atoms in total. The third-order valence-corrected chi connectivity index (χ3v) is 8.02. The molecule has 0 N–H and O–H groups in total. The van der Waals surface area contributed by atoms with E-state index in [-0.39, 0.29) is 12.2 Å². The number of carbonyl (C=O) groups is 1. The molecule has 0 spiro atoms. The van der Waals surface area contributed by atoms with Crippen LogP contribution in [0.15, 0.2) is 67.1 Å². The van der Waals surface area contributed by atoms with Crippen molar-refractivity contribution in [1.82, 2.24) is 34.5 Å². The molecule has 6 rings (SSSR count). The van der Waals surface area contributed by atoms with Crippen LogP contribution in [-0.2, 0) is 20.0 Å². The first-order valence-electron chi connectivity index (χ1n) is 14.2. The van der Waals surface area contributed by atoms with E-state index in [1.165, 1.54) is 5.56 Å². The predicted molar refractivity (Wildman–Crippen MR) is 163 cm³/mol. The van der Waals surface area contributed by atoms with Gasteiger partial charge in [0.15, 0.2) is 17.3 Å². The summed E-state index contributed by atoms with van der Waals surface area (Å²) in [5, 5.41) is 5.06. The Morgan fingerprint density at radius 2 is 1.74 bits per heavy atom. The third kappa shape index (κ3) is 5.93. The van der Waals surface area contributed by atoms with Crippen molar-refractivity contribution in [1.29, 1.82) is 0 Å². The molecule has 0 saturated carbocycles. The first kappa shape index (κ1) is 27.7. The summed E-state index contributed by atoms with van der Waals surface area (Å²) in [6.45, 7) is 9.36. The maximum absolute atomic E-state index is 13.4. The zero-order valence-electron chi connectivity index (χ0n) is 24.5. The summed E-state index contributed by atoms with van der Waals surface area (Å²) in [7, 11) is 4.00. The Labute approximate surface area is 245 Å². The standard InChI is InChI=1S/C33H35N7O2/c1-22-7-10-28(42-33-29-20-35-39(4)32(29)36-31(37-33)25-6-5-11-34-19-25)17-27(22)18-30(41)24-8-9-26(23(2)16-24)21-40-14-12-38(3)13-15-40/h5-11,16-17,19-20H,12-15,18,21H2,1-4H3. The number of piperazine rings is 1. The van der Waals surface area contributed by atoms with Crippen LogP contribution in [0.2, 0.25) is 0 Å². The summed E-state index contributed by atoms with van der Waals surface area (Å²) >= 11 is 0. The van der Waals surface area contributed by atoms with Gasteiger partial charge in [-0.2, -0.15) is 10.1 Å². The Balaban J connectivity index is 1.21. The van der Waals surface area contributed by atoms with Crippen LogP contribution in [0, 0.1) is 13.8 Å². The van der Waals surface area contributed by atoms with Crippen LogP contribution < -0.4 is 4.74 Å². The molecule has 0 aliphatic carbocycles. The molecule has 42 heavy (non-hydrogen) atoms. The smallest absolute Gasteiger partial charge is 0.234 e. The van der Waals surface area contributed by atoms with Crippen molar-refractivity contribution < 1.29 is 9.53 Å². The van der Waals surface area contributed by atoms with E-state index < -0.39 is 0 Å². The predicted octanol–water partition coefficient (Wildman–Crippen LogP) is 5.01. The van der Waals surface area contributed by atoms with Gasteiger partial charge in [-0.1, -0.05) is 18.2 Å². The minimum atomic E-state index is 0.0834. The quantitative estimate of drug-likeness (QED) is 0.245. The number of ketones is 1. The number of Topliss-reactive ketones (excluding diaryl/α,β-unsaturated/α-hetero) is 1. The molecule has 1 fully saturated rings. The highest BCUT2D eigenvalue weighted by Crippen LogP contribution is 2.31. The molecule has 1 aliphatic rings. The fraction of sp³-hybridized carbons (Fsp3) is 0.303. The lowest BCUT2D eigenvalue weighted by Crippen LogP contribution is -2.43. The summed E-state index contributed by atoms with van der Waals surface area (Å²) in [4.78, 5) is 31.8. The molecule has 0 amide bonds. The van der Waals surface area contributed by atoms with E-state index in [4.69, 9.17) is 9.72 Å². The number of aromatic nitrogens is 5. The van der Waals surface area contributed by atoms with Gasteiger partial charge in [-0.25, -0.2) is 4.98 Å². The Morgan fingerprint density at radius 3 is 2.50 bits per heavy atom. The van der Waals surface area contributed by atoms with Gasteiger partial charge < -0.3 is 9.64 Å². The second kappa shape index (κ2) is 11.8. The van der Waals surface area contributed by atoms with Gasteiger partial charge >= 0.3 is 0 Å². The molecule has 9 heteroatoms. The number of carbonyl (C=O) groups excluding carboxylic acids is 1. The maximum Gasteiger partial charge on any atom is 0.234 e. The first-order valence-corrected chi connectivity index (χ1v) is 14.2. The van der Waals surface area contributed by atoms with Gasteiger partial charge in [-0.3, -0.25) is 19.4 Å². The van der Waals surface area contributed by atoms with Crippen LogP contribution in [0.1, 0.15) is 32.6 Å². The molecule has 214 valence electrons. The molecule has 0 bridgehead atoms. The molecule has 1 aliphatic heterocycles. The van der Waals surface area contributed by atoms with Gasteiger partial charge in [-0.05, 0) is 73.5 Å². The minimum absolute atomic E-state index is 0.0834. The van der Waals surface area contributed by atoms with Gasteiger partial charge in [-0.15, -0.1) is 0 Å². The number of hydrogen-bond donors (Lipinski definition) is 0. The van der Waals surface area contributed by atoms with Crippen molar-refractivity contribution in [2.45, 2.75) is 26.8 Å². The zero-order valence-corrected chi connectivity index (χ0v) is 24.5. The van der Waals surface area contributed by atoms with Crippen LogP contribution in [0.25, 0.3) is 22.4 Å². The van der Waals surface area contributed by atoms with Crippen molar-refractivity contribution in [3.63, 3.8) is 0 Å². The van der Waals surface area contributed by atoms with Crippen molar-refractivity contribution in [3.05, 3.63) is 94.9 Å². The van der Waals surface area contributed by atoms with Gasteiger partial charge in [0.1, 0.15) is 11.1 Å². The van der Waals surface area contributed by atoms with Crippen LogP contribution in [-0.4, -0.2) is 73.5 Å². The van der Waals surface area contributed by atoms with Crippen LogP contribution in [0.5, 0.6) is 11.6 Å². The number of pyridine rings is 1. The Morgan fingerprint density at radius 1 is 0.905 bits per heavy atom. The molecule has 2 aromatic carbocycles. The second-order valence-corrected chi connectivity index (χ2v) is 11.1. The van der Waals surface area contributed by atoms with Crippen molar-refractivity contribution in [2.75, 3.05) is 33.2 Å². The fourth-order valence-electron chi connectivity index (χ4n) is 5.28. The molecule has 4 heterocycles. The van der Waals surface area contributed by atoms with E-state index in [1.54, 1.807) is 23.3 Å². The van der Waals surface area contributed by atoms with E-state index >= 15 is 0 Å². The van der Waals surface area contributed by atoms with Gasteiger partial charge in [0.2, 0.25) is 5.88 Å². The monoisotopic (exact) mass is 561 g/mol. The van der Waals surface area contributed by atoms with Crippen LogP contribution >= 0.6 is 0 Å². The highest BCUT2D eigenvalue weighted by Gasteiger charge is 2.18. The number of aryl methyl sites for hydroxylation is 3. The molecule has 5 aromatic rings. The summed E-state index contributed by atoms with van der Waals surface area (Å²) in [5.74, 6) is 1.59. The second-order valence-electron chi connectivity index (χ2n) is 11.1. The lowest BCUT2D eigenvalue weighted by molar-refractivity contribution is 0.0992. The summed E-state index contributed by atoms with van der Waals surface area (Å²) in [6, 6.07) is 15.7. The van der Waals surface area contributed by atoms with E-state index in [0.717, 1.165) is 60.5 Å². The van der Waals surface area contributed by atoms with E-state index in [0.29, 0.717) is 28.5 Å². The highest BCUT2D eigenvalue weighted by atomic mass is 16.5. The highest BCUT2D eigenvalue weighted by molar-refractivity contribution is 5.98. The Bertz CT molecular complexity index is 1740. The van der Waals surface area contributed by atoms with E-state index in [1.807, 2.05) is 56.4 Å². The lowest BCUT2D eigenvalue weighted by atomic mass is 9.96. The summed E-state index contributed by atoms with van der Waals surface area (Å²) in [5.41, 5.74) is 6.56. The number of ether oxygens (including phenoxy) is 1. The zero-order chi connectivity index (χ0) is 29.2. The SMILES string of the molecule is Cc1ccc(Oc2nc(-c3cccnc3)nc3c2cnn3C)cc1CC(=O)c1ccc(CN2CCN(C)CC2)c(C)c1. The molecule has 0 atom stereocenters.